The van der Waals surface area contributed by atoms with Crippen LogP contribution in [0.15, 0.2) is 49.1 Å². The standard InChI is InChI=1S/C19H21N5O2/c1-22-12-17(25)24(16-5-3-8-21-11-16)14-19(22)6-9-23(13-19)18(26)15-4-2-7-20-10-15/h2-5,7-8,10-11H,6,9,12-14H2,1H3/t19-/m1/s1. The average Bonchev–Trinajstić information content (AvgIpc) is 3.11. The summed E-state index contributed by atoms with van der Waals surface area (Å²) >= 11 is 0. The van der Waals surface area contributed by atoms with Gasteiger partial charge in [-0.1, -0.05) is 0 Å². The molecule has 0 unspecified atom stereocenters. The van der Waals surface area contributed by atoms with Gasteiger partial charge in [-0.2, -0.15) is 0 Å². The molecule has 1 atom stereocenters. The molecule has 0 saturated carbocycles. The molecule has 7 heteroatoms. The summed E-state index contributed by atoms with van der Waals surface area (Å²) in [5.74, 6) is 0.0522. The Hall–Kier alpha value is -2.80. The van der Waals surface area contributed by atoms with Crippen molar-refractivity contribution in [3.05, 3.63) is 54.6 Å². The van der Waals surface area contributed by atoms with E-state index in [4.69, 9.17) is 0 Å². The Morgan fingerprint density at radius 2 is 1.88 bits per heavy atom. The van der Waals surface area contributed by atoms with Gasteiger partial charge in [-0.15, -0.1) is 0 Å². The number of nitrogens with zero attached hydrogens (tertiary/aromatic N) is 5. The highest BCUT2D eigenvalue weighted by atomic mass is 16.2. The van der Waals surface area contributed by atoms with E-state index in [0.717, 1.165) is 12.1 Å². The number of hydrogen-bond donors (Lipinski definition) is 0. The zero-order valence-corrected chi connectivity index (χ0v) is 14.7. The second kappa shape index (κ2) is 6.49. The van der Waals surface area contributed by atoms with E-state index >= 15 is 0 Å². The Morgan fingerprint density at radius 3 is 2.58 bits per heavy atom. The number of amides is 2. The molecule has 0 aliphatic carbocycles. The van der Waals surface area contributed by atoms with Gasteiger partial charge in [-0.3, -0.25) is 24.5 Å². The van der Waals surface area contributed by atoms with Crippen LogP contribution in [0, 0.1) is 0 Å². The lowest BCUT2D eigenvalue weighted by Crippen LogP contribution is -2.64. The topological polar surface area (TPSA) is 69.6 Å². The first-order chi connectivity index (χ1) is 12.6. The lowest BCUT2D eigenvalue weighted by atomic mass is 9.92. The first kappa shape index (κ1) is 16.7. The number of carbonyl (C=O) groups excluding carboxylic acids is 2. The third-order valence-electron chi connectivity index (χ3n) is 5.42. The molecular formula is C19H21N5O2. The summed E-state index contributed by atoms with van der Waals surface area (Å²) in [6, 6.07) is 7.29. The molecule has 2 amide bonds. The van der Waals surface area contributed by atoms with Gasteiger partial charge < -0.3 is 9.80 Å². The Labute approximate surface area is 152 Å². The molecule has 2 aliphatic heterocycles. The van der Waals surface area contributed by atoms with Crippen molar-refractivity contribution in [2.45, 2.75) is 12.0 Å². The first-order valence-electron chi connectivity index (χ1n) is 8.70. The smallest absolute Gasteiger partial charge is 0.255 e. The van der Waals surface area contributed by atoms with E-state index in [1.54, 1.807) is 41.8 Å². The maximum atomic E-state index is 12.8. The highest BCUT2D eigenvalue weighted by Crippen LogP contribution is 2.33. The number of piperazine rings is 1. The van der Waals surface area contributed by atoms with Crippen molar-refractivity contribution < 1.29 is 9.59 Å². The highest BCUT2D eigenvalue weighted by Gasteiger charge is 2.48. The third kappa shape index (κ3) is 2.84. The maximum absolute atomic E-state index is 12.8. The van der Waals surface area contributed by atoms with Crippen LogP contribution >= 0.6 is 0 Å². The van der Waals surface area contributed by atoms with Gasteiger partial charge in [0, 0.05) is 38.2 Å². The number of pyridine rings is 2. The summed E-state index contributed by atoms with van der Waals surface area (Å²) in [4.78, 5) is 39.3. The van der Waals surface area contributed by atoms with Crippen LogP contribution in [0.25, 0.3) is 0 Å². The molecule has 4 heterocycles. The molecule has 0 N–H and O–H groups in total. The molecule has 134 valence electrons. The van der Waals surface area contributed by atoms with Gasteiger partial charge >= 0.3 is 0 Å². The average molecular weight is 351 g/mol. The SMILES string of the molecule is CN1CC(=O)N(c2cccnc2)C[C@]12CCN(C(=O)c1cccnc1)C2. The Bertz CT molecular complexity index is 813. The monoisotopic (exact) mass is 351 g/mol. The molecule has 2 aromatic rings. The van der Waals surface area contributed by atoms with Crippen molar-refractivity contribution in [3.63, 3.8) is 0 Å². The Morgan fingerprint density at radius 1 is 1.12 bits per heavy atom. The Kier molecular flexibility index (Phi) is 4.16. The van der Waals surface area contributed by atoms with Crippen LogP contribution in [0.4, 0.5) is 5.69 Å². The van der Waals surface area contributed by atoms with E-state index in [9.17, 15) is 9.59 Å². The van der Waals surface area contributed by atoms with Crippen LogP contribution in [-0.4, -0.2) is 70.3 Å². The molecule has 1 spiro atoms. The number of carbonyl (C=O) groups is 2. The summed E-state index contributed by atoms with van der Waals surface area (Å²) in [6.07, 6.45) is 7.51. The zero-order chi connectivity index (χ0) is 18.1. The van der Waals surface area contributed by atoms with Gasteiger partial charge in [-0.25, -0.2) is 0 Å². The van der Waals surface area contributed by atoms with Gasteiger partial charge in [-0.05, 0) is 37.7 Å². The molecule has 2 fully saturated rings. The third-order valence-corrected chi connectivity index (χ3v) is 5.42. The number of likely N-dealkylation sites (N-methyl/N-ethyl adjacent to an activating group) is 1. The summed E-state index contributed by atoms with van der Waals surface area (Å²) in [6.45, 7) is 2.17. The van der Waals surface area contributed by atoms with Crippen LogP contribution in [0.5, 0.6) is 0 Å². The first-order valence-corrected chi connectivity index (χ1v) is 8.70. The molecule has 0 bridgehead atoms. The quantitative estimate of drug-likeness (QED) is 0.809. The van der Waals surface area contributed by atoms with E-state index in [-0.39, 0.29) is 17.4 Å². The predicted molar refractivity (Wildman–Crippen MR) is 96.7 cm³/mol. The normalized spacial score (nSPS) is 23.7. The number of anilines is 1. The minimum atomic E-state index is -0.235. The van der Waals surface area contributed by atoms with Crippen LogP contribution in [-0.2, 0) is 4.79 Å². The number of rotatable bonds is 2. The molecular weight excluding hydrogens is 330 g/mol. The van der Waals surface area contributed by atoms with Crippen LogP contribution in [0.3, 0.4) is 0 Å². The number of aromatic nitrogens is 2. The molecule has 2 saturated heterocycles. The fourth-order valence-corrected chi connectivity index (χ4v) is 3.85. The minimum Gasteiger partial charge on any atom is -0.337 e. The highest BCUT2D eigenvalue weighted by molar-refractivity contribution is 5.96. The molecule has 0 aromatic carbocycles. The predicted octanol–water partition coefficient (Wildman–Crippen LogP) is 1.04. The molecule has 0 radical (unpaired) electrons. The van der Waals surface area contributed by atoms with Gasteiger partial charge in [0.05, 0.1) is 29.5 Å². The summed E-state index contributed by atoms with van der Waals surface area (Å²) < 4.78 is 0. The van der Waals surface area contributed by atoms with Gasteiger partial charge in [0.25, 0.3) is 5.91 Å². The van der Waals surface area contributed by atoms with E-state index in [0.29, 0.717) is 31.7 Å². The van der Waals surface area contributed by atoms with Crippen molar-refractivity contribution in [2.24, 2.45) is 0 Å². The van der Waals surface area contributed by atoms with Crippen LogP contribution in [0.1, 0.15) is 16.8 Å². The van der Waals surface area contributed by atoms with Crippen molar-refractivity contribution >= 4 is 17.5 Å². The lowest BCUT2D eigenvalue weighted by molar-refractivity contribution is -0.123. The summed E-state index contributed by atoms with van der Waals surface area (Å²) in [5.41, 5.74) is 1.17. The Balaban J connectivity index is 1.56. The lowest BCUT2D eigenvalue weighted by Gasteiger charge is -2.46. The largest absolute Gasteiger partial charge is 0.337 e. The zero-order valence-electron chi connectivity index (χ0n) is 14.7. The molecule has 2 aliphatic rings. The molecule has 7 nitrogen and oxygen atoms in total. The second-order valence-electron chi connectivity index (χ2n) is 6.99. The molecule has 2 aromatic heterocycles. The minimum absolute atomic E-state index is 0.00629. The van der Waals surface area contributed by atoms with E-state index in [2.05, 4.69) is 14.9 Å². The fraction of sp³-hybridized carbons (Fsp3) is 0.368. The van der Waals surface area contributed by atoms with Gasteiger partial charge in [0.15, 0.2) is 0 Å². The molecule has 26 heavy (non-hydrogen) atoms. The summed E-state index contributed by atoms with van der Waals surface area (Å²) in [7, 11) is 1.97. The number of hydrogen-bond acceptors (Lipinski definition) is 5. The number of likely N-dealkylation sites (tertiary alicyclic amines) is 1. The second-order valence-corrected chi connectivity index (χ2v) is 6.99. The van der Waals surface area contributed by atoms with Crippen molar-refractivity contribution in [1.29, 1.82) is 0 Å². The molecule has 4 rings (SSSR count). The summed E-state index contributed by atoms with van der Waals surface area (Å²) in [5, 5.41) is 0. The van der Waals surface area contributed by atoms with Crippen LogP contribution in [0.2, 0.25) is 0 Å². The van der Waals surface area contributed by atoms with Gasteiger partial charge in [0.1, 0.15) is 0 Å². The fourth-order valence-electron chi connectivity index (χ4n) is 3.85. The van der Waals surface area contributed by atoms with Crippen molar-refractivity contribution in [3.8, 4) is 0 Å². The van der Waals surface area contributed by atoms with E-state index in [1.165, 1.54) is 0 Å². The van der Waals surface area contributed by atoms with Crippen molar-refractivity contribution in [2.75, 3.05) is 38.1 Å². The van der Waals surface area contributed by atoms with Gasteiger partial charge in [0.2, 0.25) is 5.91 Å². The van der Waals surface area contributed by atoms with Crippen LogP contribution < -0.4 is 4.90 Å². The van der Waals surface area contributed by atoms with E-state index in [1.807, 2.05) is 24.1 Å². The van der Waals surface area contributed by atoms with Crippen molar-refractivity contribution in [1.82, 2.24) is 19.8 Å². The van der Waals surface area contributed by atoms with E-state index < -0.39 is 0 Å². The maximum Gasteiger partial charge on any atom is 0.255 e.